The highest BCUT2D eigenvalue weighted by atomic mass is 32.2. The van der Waals surface area contributed by atoms with E-state index < -0.39 is 10.0 Å². The lowest BCUT2D eigenvalue weighted by Crippen LogP contribution is -2.31. The molecule has 2 unspecified atom stereocenters. The van der Waals surface area contributed by atoms with Gasteiger partial charge in [-0.3, -0.25) is 4.79 Å². The van der Waals surface area contributed by atoms with Crippen molar-refractivity contribution in [3.8, 4) is 0 Å². The molecule has 1 aliphatic carbocycles. The zero-order chi connectivity index (χ0) is 15.2. The topological polar surface area (TPSA) is 66.5 Å². The van der Waals surface area contributed by atoms with E-state index in [1.165, 1.54) is 0 Å². The third-order valence-electron chi connectivity index (χ3n) is 4.29. The van der Waals surface area contributed by atoms with Crippen LogP contribution in [0.1, 0.15) is 25.8 Å². The Kier molecular flexibility index (Phi) is 3.53. The Hall–Kier alpha value is -1.40. The Morgan fingerprint density at radius 2 is 2.14 bits per heavy atom. The van der Waals surface area contributed by atoms with E-state index in [1.54, 1.807) is 24.0 Å². The van der Waals surface area contributed by atoms with Crippen LogP contribution in [-0.4, -0.2) is 27.4 Å². The van der Waals surface area contributed by atoms with Gasteiger partial charge in [-0.15, -0.1) is 0 Å². The van der Waals surface area contributed by atoms with Crippen molar-refractivity contribution in [3.63, 3.8) is 0 Å². The van der Waals surface area contributed by atoms with E-state index in [2.05, 4.69) is 11.6 Å². The SMILES string of the molecule is CCNS(=O)(=O)c1ccc2c(c1)N(C(=O)C1CC1C)CC2. The predicted octanol–water partition coefficient (Wildman–Crippen LogP) is 1.53. The van der Waals surface area contributed by atoms with Crippen molar-refractivity contribution < 1.29 is 13.2 Å². The molecule has 21 heavy (non-hydrogen) atoms. The Morgan fingerprint density at radius 1 is 1.43 bits per heavy atom. The lowest BCUT2D eigenvalue weighted by molar-refractivity contribution is -0.119. The van der Waals surface area contributed by atoms with Crippen molar-refractivity contribution in [1.82, 2.24) is 4.72 Å². The molecule has 1 heterocycles. The first-order chi connectivity index (χ1) is 9.94. The summed E-state index contributed by atoms with van der Waals surface area (Å²) in [6.45, 7) is 4.82. The van der Waals surface area contributed by atoms with Crippen molar-refractivity contribution >= 4 is 21.6 Å². The van der Waals surface area contributed by atoms with Gasteiger partial charge in [-0.2, -0.15) is 0 Å². The minimum atomic E-state index is -3.48. The molecule has 1 N–H and O–H groups in total. The highest BCUT2D eigenvalue weighted by Gasteiger charge is 2.43. The molecule has 2 aliphatic rings. The van der Waals surface area contributed by atoms with Gasteiger partial charge in [-0.25, -0.2) is 13.1 Å². The molecule has 0 radical (unpaired) electrons. The molecule has 6 heteroatoms. The molecule has 1 amide bonds. The average Bonchev–Trinajstić information content (AvgIpc) is 3.01. The molecular weight excluding hydrogens is 288 g/mol. The van der Waals surface area contributed by atoms with Gasteiger partial charge in [-0.1, -0.05) is 19.9 Å². The van der Waals surface area contributed by atoms with Crippen molar-refractivity contribution in [2.75, 3.05) is 18.0 Å². The van der Waals surface area contributed by atoms with E-state index >= 15 is 0 Å². The average molecular weight is 308 g/mol. The lowest BCUT2D eigenvalue weighted by atomic mass is 10.2. The maximum absolute atomic E-state index is 12.4. The van der Waals surface area contributed by atoms with Crippen molar-refractivity contribution in [2.45, 2.75) is 31.6 Å². The first-order valence-electron chi connectivity index (χ1n) is 7.38. The Labute approximate surface area is 125 Å². The lowest BCUT2D eigenvalue weighted by Gasteiger charge is -2.18. The van der Waals surface area contributed by atoms with Crippen LogP contribution in [0.15, 0.2) is 23.1 Å². The zero-order valence-electron chi connectivity index (χ0n) is 12.3. The van der Waals surface area contributed by atoms with Gasteiger partial charge in [0.15, 0.2) is 0 Å². The summed E-state index contributed by atoms with van der Waals surface area (Å²) in [4.78, 5) is 14.4. The van der Waals surface area contributed by atoms with Crippen LogP contribution in [0.25, 0.3) is 0 Å². The predicted molar refractivity (Wildman–Crippen MR) is 80.6 cm³/mol. The summed E-state index contributed by atoms with van der Waals surface area (Å²) in [5, 5.41) is 0. The molecule has 0 spiro atoms. The molecule has 1 saturated carbocycles. The monoisotopic (exact) mass is 308 g/mol. The standard InChI is InChI=1S/C15H20N2O3S/c1-3-16-21(19,20)12-5-4-11-6-7-17(14(11)9-12)15(18)13-8-10(13)2/h4-5,9-10,13,16H,3,6-8H2,1-2H3. The molecule has 1 aromatic carbocycles. The maximum atomic E-state index is 12.4. The minimum Gasteiger partial charge on any atom is -0.312 e. The van der Waals surface area contributed by atoms with Crippen molar-refractivity contribution in [3.05, 3.63) is 23.8 Å². The third-order valence-corrected chi connectivity index (χ3v) is 5.83. The highest BCUT2D eigenvalue weighted by molar-refractivity contribution is 7.89. The van der Waals surface area contributed by atoms with E-state index in [4.69, 9.17) is 0 Å². The fourth-order valence-corrected chi connectivity index (χ4v) is 3.96. The number of carbonyl (C=O) groups is 1. The Morgan fingerprint density at radius 3 is 2.76 bits per heavy atom. The van der Waals surface area contributed by atoms with Crippen molar-refractivity contribution in [2.24, 2.45) is 11.8 Å². The van der Waals surface area contributed by atoms with Gasteiger partial charge in [0.2, 0.25) is 15.9 Å². The summed E-state index contributed by atoms with van der Waals surface area (Å²) in [5.41, 5.74) is 1.81. The van der Waals surface area contributed by atoms with E-state index in [0.717, 1.165) is 24.1 Å². The molecule has 5 nitrogen and oxygen atoms in total. The summed E-state index contributed by atoms with van der Waals surface area (Å²) in [6.07, 6.45) is 1.74. The molecule has 0 saturated heterocycles. The second-order valence-electron chi connectivity index (χ2n) is 5.85. The van der Waals surface area contributed by atoms with E-state index in [9.17, 15) is 13.2 Å². The third kappa shape index (κ3) is 2.58. The normalized spacial score (nSPS) is 24.0. The number of anilines is 1. The Balaban J connectivity index is 1.92. The minimum absolute atomic E-state index is 0.116. The fourth-order valence-electron chi connectivity index (χ4n) is 2.89. The first-order valence-corrected chi connectivity index (χ1v) is 8.86. The molecule has 114 valence electrons. The molecular formula is C15H20N2O3S. The van der Waals surface area contributed by atoms with Crippen molar-refractivity contribution in [1.29, 1.82) is 0 Å². The number of fused-ring (bicyclic) bond motifs is 1. The van der Waals surface area contributed by atoms with Gasteiger partial charge >= 0.3 is 0 Å². The first kappa shape index (κ1) is 14.5. The molecule has 2 atom stereocenters. The summed E-state index contributed by atoms with van der Waals surface area (Å²) in [5.74, 6) is 0.708. The highest BCUT2D eigenvalue weighted by Crippen LogP contribution is 2.42. The van der Waals surface area contributed by atoms with Crippen LogP contribution in [0.4, 0.5) is 5.69 Å². The van der Waals surface area contributed by atoms with Gasteiger partial charge in [-0.05, 0) is 36.5 Å². The van der Waals surface area contributed by atoms with Gasteiger partial charge < -0.3 is 4.90 Å². The zero-order valence-corrected chi connectivity index (χ0v) is 13.1. The van der Waals surface area contributed by atoms with Crippen LogP contribution in [-0.2, 0) is 21.2 Å². The Bertz CT molecular complexity index is 684. The molecule has 1 fully saturated rings. The van der Waals surface area contributed by atoms with E-state index in [1.807, 2.05) is 6.07 Å². The number of sulfonamides is 1. The van der Waals surface area contributed by atoms with Crippen LogP contribution in [0.2, 0.25) is 0 Å². The van der Waals surface area contributed by atoms with Gasteiger partial charge in [0.1, 0.15) is 0 Å². The van der Waals surface area contributed by atoms with Crippen LogP contribution < -0.4 is 9.62 Å². The molecule has 1 aromatic rings. The second kappa shape index (κ2) is 5.10. The van der Waals surface area contributed by atoms with Gasteiger partial charge in [0.05, 0.1) is 4.90 Å². The van der Waals surface area contributed by atoms with E-state index in [0.29, 0.717) is 19.0 Å². The number of benzene rings is 1. The summed E-state index contributed by atoms with van der Waals surface area (Å²) >= 11 is 0. The number of nitrogens with one attached hydrogen (secondary N) is 1. The van der Waals surface area contributed by atoms with E-state index in [-0.39, 0.29) is 16.7 Å². The largest absolute Gasteiger partial charge is 0.312 e. The van der Waals surface area contributed by atoms with Crippen LogP contribution in [0.5, 0.6) is 0 Å². The summed E-state index contributed by atoms with van der Waals surface area (Å²) in [6, 6.07) is 5.07. The molecule has 0 aromatic heterocycles. The number of carbonyl (C=O) groups excluding carboxylic acids is 1. The molecule has 3 rings (SSSR count). The maximum Gasteiger partial charge on any atom is 0.240 e. The molecule has 1 aliphatic heterocycles. The number of rotatable bonds is 4. The van der Waals surface area contributed by atoms with Crippen LogP contribution in [0.3, 0.4) is 0 Å². The smallest absolute Gasteiger partial charge is 0.240 e. The van der Waals surface area contributed by atoms with Gasteiger partial charge in [0, 0.05) is 24.7 Å². The summed E-state index contributed by atoms with van der Waals surface area (Å²) < 4.78 is 26.7. The fraction of sp³-hybridized carbons (Fsp3) is 0.533. The number of hydrogen-bond donors (Lipinski definition) is 1. The quantitative estimate of drug-likeness (QED) is 0.917. The number of hydrogen-bond acceptors (Lipinski definition) is 3. The van der Waals surface area contributed by atoms with Gasteiger partial charge in [0.25, 0.3) is 0 Å². The summed E-state index contributed by atoms with van der Waals surface area (Å²) in [7, 11) is -3.48. The van der Waals surface area contributed by atoms with Crippen LogP contribution in [0, 0.1) is 11.8 Å². The van der Waals surface area contributed by atoms with Crippen LogP contribution >= 0.6 is 0 Å². The molecule has 0 bridgehead atoms. The second-order valence-corrected chi connectivity index (χ2v) is 7.62. The number of amides is 1. The number of nitrogens with zero attached hydrogens (tertiary/aromatic N) is 1.